The third-order valence-electron chi connectivity index (χ3n) is 5.28. The van der Waals surface area contributed by atoms with Crippen LogP contribution in [0.25, 0.3) is 0 Å². The fraction of sp³-hybridized carbons (Fsp3) is 0.286. The van der Waals surface area contributed by atoms with Crippen molar-refractivity contribution >= 4 is 49.5 Å². The van der Waals surface area contributed by atoms with Gasteiger partial charge in [-0.3, -0.25) is 0 Å². The highest BCUT2D eigenvalue weighted by atomic mass is 35.5. The van der Waals surface area contributed by atoms with Crippen LogP contribution in [-0.4, -0.2) is 31.7 Å². The highest BCUT2D eigenvalue weighted by molar-refractivity contribution is 7.92. The van der Waals surface area contributed by atoms with Gasteiger partial charge in [0, 0.05) is 24.9 Å². The molecule has 0 N–H and O–H groups in total. The molecule has 164 valence electrons. The lowest BCUT2D eigenvalue weighted by molar-refractivity contribution is 0.507. The molecular weight excluding hydrogens is 485 g/mol. The molecule has 0 atom stereocenters. The van der Waals surface area contributed by atoms with Crippen molar-refractivity contribution in [2.24, 2.45) is 0 Å². The molecule has 0 saturated carbocycles. The number of aromatic nitrogens is 1. The molecule has 3 aromatic rings. The molecule has 0 amide bonds. The summed E-state index contributed by atoms with van der Waals surface area (Å²) in [6.45, 7) is 1.12. The Morgan fingerprint density at radius 1 is 1.03 bits per heavy atom. The number of benzene rings is 2. The monoisotopic (exact) mass is 502 g/mol. The van der Waals surface area contributed by atoms with Gasteiger partial charge in [0.1, 0.15) is 0 Å². The van der Waals surface area contributed by atoms with Crippen LogP contribution in [0.15, 0.2) is 46.7 Å². The topological polar surface area (TPSA) is 50.3 Å². The third kappa shape index (κ3) is 4.87. The van der Waals surface area contributed by atoms with E-state index in [0.29, 0.717) is 42.9 Å². The Kier molecular flexibility index (Phi) is 6.53. The zero-order valence-electron chi connectivity index (χ0n) is 16.2. The minimum absolute atomic E-state index is 0.184. The molecule has 1 fully saturated rings. The second-order valence-electron chi connectivity index (χ2n) is 7.35. The van der Waals surface area contributed by atoms with E-state index >= 15 is 0 Å². The first-order valence-electron chi connectivity index (χ1n) is 9.56. The maximum absolute atomic E-state index is 13.4. The van der Waals surface area contributed by atoms with E-state index in [1.54, 1.807) is 0 Å². The van der Waals surface area contributed by atoms with Gasteiger partial charge in [-0.05, 0) is 48.7 Å². The van der Waals surface area contributed by atoms with Gasteiger partial charge in [-0.1, -0.05) is 29.3 Å². The summed E-state index contributed by atoms with van der Waals surface area (Å²) in [5.74, 6) is -1.75. The van der Waals surface area contributed by atoms with Gasteiger partial charge in [0.25, 0.3) is 0 Å². The van der Waals surface area contributed by atoms with Crippen molar-refractivity contribution in [3.63, 3.8) is 0 Å². The number of hydrogen-bond acceptors (Lipinski definition) is 5. The summed E-state index contributed by atoms with van der Waals surface area (Å²) in [5.41, 5.74) is 1.40. The lowest BCUT2D eigenvalue weighted by Crippen LogP contribution is -2.39. The van der Waals surface area contributed by atoms with Crippen LogP contribution < -0.4 is 4.90 Å². The number of piperidine rings is 1. The quantitative estimate of drug-likeness (QED) is 0.444. The molecule has 0 unspecified atom stereocenters. The molecule has 2 heterocycles. The van der Waals surface area contributed by atoms with Crippen LogP contribution in [0, 0.1) is 11.6 Å². The molecule has 4 nitrogen and oxygen atoms in total. The first-order valence-corrected chi connectivity index (χ1v) is 12.7. The van der Waals surface area contributed by atoms with Crippen LogP contribution in [0.5, 0.6) is 0 Å². The Bertz CT molecular complexity index is 1210. The van der Waals surface area contributed by atoms with Gasteiger partial charge in [-0.25, -0.2) is 22.2 Å². The minimum atomic E-state index is -3.50. The molecule has 31 heavy (non-hydrogen) atoms. The second-order valence-corrected chi connectivity index (χ2v) is 11.2. The van der Waals surface area contributed by atoms with Gasteiger partial charge >= 0.3 is 0 Å². The number of hydrogen-bond donors (Lipinski definition) is 0. The maximum Gasteiger partial charge on any atom is 0.185 e. The molecule has 0 bridgehead atoms. The standard InChI is InChI=1S/C21H18Cl2F2N2O2S2/c22-17-3-2-16(11-18(17)23)31(28,29)15-5-7-27(8-6-15)21-26-14(12-30-21)9-13-1-4-19(24)20(25)10-13/h1-4,10-12,15H,5-9H2. The van der Waals surface area contributed by atoms with Gasteiger partial charge in [-0.2, -0.15) is 0 Å². The van der Waals surface area contributed by atoms with Crippen molar-refractivity contribution in [3.05, 3.63) is 74.7 Å². The van der Waals surface area contributed by atoms with Gasteiger partial charge in [0.15, 0.2) is 26.6 Å². The summed E-state index contributed by atoms with van der Waals surface area (Å²) >= 11 is 13.3. The van der Waals surface area contributed by atoms with Crippen LogP contribution in [0.1, 0.15) is 24.1 Å². The SMILES string of the molecule is O=S(=O)(c1ccc(Cl)c(Cl)c1)C1CCN(c2nc(Cc3ccc(F)c(F)c3)cs2)CC1. The highest BCUT2D eigenvalue weighted by Gasteiger charge is 2.32. The number of halogens is 4. The van der Waals surface area contributed by atoms with Crippen LogP contribution in [-0.2, 0) is 16.3 Å². The van der Waals surface area contributed by atoms with E-state index in [1.807, 2.05) is 5.38 Å². The molecule has 1 aliphatic rings. The van der Waals surface area contributed by atoms with Crippen LogP contribution in [0.2, 0.25) is 10.0 Å². The van der Waals surface area contributed by atoms with Crippen LogP contribution in [0.3, 0.4) is 0 Å². The second kappa shape index (κ2) is 9.02. The lowest BCUT2D eigenvalue weighted by atomic mass is 10.1. The fourth-order valence-corrected chi connectivity index (χ4v) is 6.58. The first-order chi connectivity index (χ1) is 14.7. The molecule has 1 aliphatic heterocycles. The zero-order valence-corrected chi connectivity index (χ0v) is 19.3. The summed E-state index contributed by atoms with van der Waals surface area (Å²) in [4.78, 5) is 6.83. The van der Waals surface area contributed by atoms with Crippen LogP contribution in [0.4, 0.5) is 13.9 Å². The average Bonchev–Trinajstić information content (AvgIpc) is 3.21. The number of rotatable bonds is 5. The van der Waals surface area contributed by atoms with Crippen molar-refractivity contribution in [3.8, 4) is 0 Å². The molecule has 1 aromatic heterocycles. The largest absolute Gasteiger partial charge is 0.348 e. The molecule has 1 saturated heterocycles. The molecule has 0 aliphatic carbocycles. The van der Waals surface area contributed by atoms with Gasteiger partial charge < -0.3 is 4.90 Å². The number of anilines is 1. The average molecular weight is 503 g/mol. The molecule has 10 heteroatoms. The Labute approximate surface area is 193 Å². The number of thiazole rings is 1. The van der Waals surface area contributed by atoms with E-state index in [-0.39, 0.29) is 9.92 Å². The van der Waals surface area contributed by atoms with Crippen molar-refractivity contribution in [1.82, 2.24) is 4.98 Å². The van der Waals surface area contributed by atoms with E-state index in [0.717, 1.165) is 16.9 Å². The van der Waals surface area contributed by atoms with Crippen molar-refractivity contribution < 1.29 is 17.2 Å². The number of sulfone groups is 1. The number of nitrogens with zero attached hydrogens (tertiary/aromatic N) is 2. The van der Waals surface area contributed by atoms with Crippen molar-refractivity contribution in [2.75, 3.05) is 18.0 Å². The van der Waals surface area contributed by atoms with Crippen molar-refractivity contribution in [1.29, 1.82) is 0 Å². The van der Waals surface area contributed by atoms with E-state index in [4.69, 9.17) is 23.2 Å². The normalized spacial score (nSPS) is 15.4. The van der Waals surface area contributed by atoms with Gasteiger partial charge in [0.05, 0.1) is 25.9 Å². The lowest BCUT2D eigenvalue weighted by Gasteiger charge is -2.31. The smallest absolute Gasteiger partial charge is 0.185 e. The van der Waals surface area contributed by atoms with E-state index in [1.165, 1.54) is 41.7 Å². The maximum atomic E-state index is 13.4. The first kappa shape index (κ1) is 22.5. The van der Waals surface area contributed by atoms with Crippen LogP contribution >= 0.6 is 34.5 Å². The van der Waals surface area contributed by atoms with E-state index < -0.39 is 26.7 Å². The predicted molar refractivity (Wildman–Crippen MR) is 120 cm³/mol. The Hall–Kier alpha value is -1.74. The van der Waals surface area contributed by atoms with E-state index in [9.17, 15) is 17.2 Å². The van der Waals surface area contributed by atoms with E-state index in [2.05, 4.69) is 9.88 Å². The molecule has 4 rings (SSSR count). The Balaban J connectivity index is 1.41. The van der Waals surface area contributed by atoms with Gasteiger partial charge in [0.2, 0.25) is 0 Å². The molecule has 2 aromatic carbocycles. The summed E-state index contributed by atoms with van der Waals surface area (Å²) < 4.78 is 52.4. The van der Waals surface area contributed by atoms with Gasteiger partial charge in [-0.15, -0.1) is 11.3 Å². The fourth-order valence-electron chi connectivity index (χ4n) is 3.59. The summed E-state index contributed by atoms with van der Waals surface area (Å²) in [6, 6.07) is 8.20. The predicted octanol–water partition coefficient (Wildman–Crippen LogP) is 5.76. The van der Waals surface area contributed by atoms with Crippen molar-refractivity contribution in [2.45, 2.75) is 29.4 Å². The molecule has 0 radical (unpaired) electrons. The molecular formula is C21H18Cl2F2N2O2S2. The Morgan fingerprint density at radius 3 is 2.45 bits per heavy atom. The highest BCUT2D eigenvalue weighted by Crippen LogP contribution is 2.32. The zero-order chi connectivity index (χ0) is 22.2. The summed E-state index contributed by atoms with van der Waals surface area (Å²) in [5, 5.41) is 2.72. The summed E-state index contributed by atoms with van der Waals surface area (Å²) in [6.07, 6.45) is 1.34. The molecule has 0 spiro atoms. The minimum Gasteiger partial charge on any atom is -0.348 e. The third-order valence-corrected chi connectivity index (χ3v) is 9.23. The summed E-state index contributed by atoms with van der Waals surface area (Å²) in [7, 11) is -3.50. The Morgan fingerprint density at radius 2 is 1.77 bits per heavy atom.